The van der Waals surface area contributed by atoms with E-state index < -0.39 is 0 Å². The Kier molecular flexibility index (Phi) is 1.53. The van der Waals surface area contributed by atoms with Crippen molar-refractivity contribution in [2.24, 2.45) is 11.7 Å². The van der Waals surface area contributed by atoms with Gasteiger partial charge >= 0.3 is 0 Å². The molecule has 0 aliphatic heterocycles. The number of rotatable bonds is 2. The van der Waals surface area contributed by atoms with Crippen LogP contribution in [0.3, 0.4) is 0 Å². The summed E-state index contributed by atoms with van der Waals surface area (Å²) < 4.78 is 0. The van der Waals surface area contributed by atoms with Crippen LogP contribution < -0.4 is 5.73 Å². The molecule has 2 unspecified atom stereocenters. The number of aliphatic hydroxyl groups is 1. The molecule has 2 nitrogen and oxygen atoms in total. The molecule has 1 aliphatic carbocycles. The topological polar surface area (TPSA) is 46.2 Å². The lowest BCUT2D eigenvalue weighted by Crippen LogP contribution is -2.48. The quantitative estimate of drug-likeness (QED) is 0.570. The van der Waals surface area contributed by atoms with Gasteiger partial charge in [0.25, 0.3) is 0 Å². The van der Waals surface area contributed by atoms with Gasteiger partial charge in [-0.3, -0.25) is 0 Å². The summed E-state index contributed by atoms with van der Waals surface area (Å²) >= 11 is 0. The zero-order chi connectivity index (χ0) is 7.07. The molecule has 2 atom stereocenters. The molecule has 1 aliphatic rings. The Morgan fingerprint density at radius 3 is 2.22 bits per heavy atom. The second-order valence-electron chi connectivity index (χ2n) is 3.32. The van der Waals surface area contributed by atoms with Crippen LogP contribution in [0.25, 0.3) is 0 Å². The Bertz CT molecular complexity index is 101. The lowest BCUT2D eigenvalue weighted by molar-refractivity contribution is 0.0975. The van der Waals surface area contributed by atoms with Crippen molar-refractivity contribution in [1.29, 1.82) is 0 Å². The van der Waals surface area contributed by atoms with Gasteiger partial charge in [0.15, 0.2) is 0 Å². The molecule has 0 aromatic heterocycles. The normalized spacial score (nSPS) is 29.3. The Morgan fingerprint density at radius 1 is 1.67 bits per heavy atom. The highest BCUT2D eigenvalue weighted by Gasteiger charge is 2.41. The van der Waals surface area contributed by atoms with Gasteiger partial charge in [0.1, 0.15) is 0 Å². The monoisotopic (exact) mass is 129 g/mol. The van der Waals surface area contributed by atoms with Gasteiger partial charge in [0.05, 0.1) is 6.10 Å². The summed E-state index contributed by atoms with van der Waals surface area (Å²) in [5, 5.41) is 9.17. The van der Waals surface area contributed by atoms with Crippen molar-refractivity contribution in [2.75, 3.05) is 0 Å². The molecule has 1 saturated carbocycles. The van der Waals surface area contributed by atoms with Gasteiger partial charge in [-0.2, -0.15) is 0 Å². The number of aliphatic hydroxyl groups excluding tert-OH is 1. The molecule has 0 aromatic rings. The van der Waals surface area contributed by atoms with Gasteiger partial charge in [0, 0.05) is 5.54 Å². The molecule has 0 spiro atoms. The highest BCUT2D eigenvalue weighted by Crippen LogP contribution is 2.39. The van der Waals surface area contributed by atoms with Crippen molar-refractivity contribution in [3.63, 3.8) is 0 Å². The Morgan fingerprint density at radius 2 is 2.11 bits per heavy atom. The van der Waals surface area contributed by atoms with Gasteiger partial charge in [-0.25, -0.2) is 0 Å². The maximum atomic E-state index is 9.17. The maximum Gasteiger partial charge on any atom is 0.0691 e. The number of hydrogen-bond donors (Lipinski definition) is 2. The zero-order valence-electron chi connectivity index (χ0n) is 6.09. The summed E-state index contributed by atoms with van der Waals surface area (Å²) in [6.45, 7) is 3.69. The fraction of sp³-hybridized carbons (Fsp3) is 1.00. The molecule has 0 bridgehead atoms. The second kappa shape index (κ2) is 1.96. The fourth-order valence-electron chi connectivity index (χ4n) is 1.05. The second-order valence-corrected chi connectivity index (χ2v) is 3.32. The van der Waals surface area contributed by atoms with Gasteiger partial charge in [0.2, 0.25) is 0 Å². The Balaban J connectivity index is 2.48. The molecule has 3 N–H and O–H groups in total. The van der Waals surface area contributed by atoms with E-state index in [2.05, 4.69) is 0 Å². The molecule has 2 heteroatoms. The van der Waals surface area contributed by atoms with Crippen LogP contribution in [0.5, 0.6) is 0 Å². The van der Waals surface area contributed by atoms with E-state index in [1.54, 1.807) is 6.92 Å². The van der Waals surface area contributed by atoms with E-state index in [4.69, 9.17) is 10.8 Å². The number of nitrogens with two attached hydrogens (primary N) is 1. The average Bonchev–Trinajstić information content (AvgIpc) is 2.42. The van der Waals surface area contributed by atoms with Crippen LogP contribution in [0.2, 0.25) is 0 Å². The van der Waals surface area contributed by atoms with Crippen LogP contribution >= 0.6 is 0 Å². The Hall–Kier alpha value is -0.0800. The maximum absolute atomic E-state index is 9.17. The highest BCUT2D eigenvalue weighted by molar-refractivity contribution is 4.98. The molecule has 0 radical (unpaired) electrons. The minimum Gasteiger partial charge on any atom is -0.392 e. The van der Waals surface area contributed by atoms with Crippen LogP contribution in [-0.2, 0) is 0 Å². The highest BCUT2D eigenvalue weighted by atomic mass is 16.3. The minimum absolute atomic E-state index is 0.333. The van der Waals surface area contributed by atoms with Crippen LogP contribution in [-0.4, -0.2) is 16.7 Å². The molecular weight excluding hydrogens is 114 g/mol. The van der Waals surface area contributed by atoms with E-state index in [-0.39, 0.29) is 11.6 Å². The van der Waals surface area contributed by atoms with Crippen molar-refractivity contribution in [3.8, 4) is 0 Å². The minimum atomic E-state index is -0.370. The van der Waals surface area contributed by atoms with E-state index in [1.165, 1.54) is 12.8 Å². The third-order valence-electron chi connectivity index (χ3n) is 2.36. The van der Waals surface area contributed by atoms with Crippen LogP contribution in [0.1, 0.15) is 26.7 Å². The molecule has 9 heavy (non-hydrogen) atoms. The van der Waals surface area contributed by atoms with Gasteiger partial charge in [-0.1, -0.05) is 0 Å². The molecule has 0 aromatic carbocycles. The first-order valence-electron chi connectivity index (χ1n) is 3.52. The van der Waals surface area contributed by atoms with Crippen LogP contribution in [0, 0.1) is 5.92 Å². The molecule has 54 valence electrons. The van der Waals surface area contributed by atoms with Crippen molar-refractivity contribution >= 4 is 0 Å². The summed E-state index contributed by atoms with van der Waals surface area (Å²) in [5.74, 6) is 0.567. The summed E-state index contributed by atoms with van der Waals surface area (Å²) in [6.07, 6.45) is 2.01. The van der Waals surface area contributed by atoms with Gasteiger partial charge < -0.3 is 10.8 Å². The first-order chi connectivity index (χ1) is 4.05. The molecule has 1 fully saturated rings. The summed E-state index contributed by atoms with van der Waals surface area (Å²) in [6, 6.07) is 0. The molecule has 0 amide bonds. The summed E-state index contributed by atoms with van der Waals surface area (Å²) in [5.41, 5.74) is 5.48. The number of hydrogen-bond acceptors (Lipinski definition) is 2. The fourth-order valence-corrected chi connectivity index (χ4v) is 1.05. The van der Waals surface area contributed by atoms with Crippen molar-refractivity contribution < 1.29 is 5.11 Å². The van der Waals surface area contributed by atoms with Crippen LogP contribution in [0.15, 0.2) is 0 Å². The largest absolute Gasteiger partial charge is 0.392 e. The first kappa shape index (κ1) is 7.03. The van der Waals surface area contributed by atoms with Crippen molar-refractivity contribution in [3.05, 3.63) is 0 Å². The van der Waals surface area contributed by atoms with E-state index in [1.807, 2.05) is 6.92 Å². The molecule has 0 heterocycles. The van der Waals surface area contributed by atoms with Crippen molar-refractivity contribution in [1.82, 2.24) is 0 Å². The Labute approximate surface area is 56.1 Å². The third kappa shape index (κ3) is 1.25. The summed E-state index contributed by atoms with van der Waals surface area (Å²) in [4.78, 5) is 0. The summed E-state index contributed by atoms with van der Waals surface area (Å²) in [7, 11) is 0. The lowest BCUT2D eigenvalue weighted by Gasteiger charge is -2.27. The van der Waals surface area contributed by atoms with E-state index >= 15 is 0 Å². The lowest BCUT2D eigenvalue weighted by atomic mass is 9.92. The zero-order valence-corrected chi connectivity index (χ0v) is 6.09. The van der Waals surface area contributed by atoms with Crippen molar-refractivity contribution in [2.45, 2.75) is 38.3 Å². The van der Waals surface area contributed by atoms with E-state index in [0.717, 1.165) is 0 Å². The van der Waals surface area contributed by atoms with Gasteiger partial charge in [-0.15, -0.1) is 0 Å². The molecule has 0 saturated heterocycles. The predicted octanol–water partition coefficient (Wildman–Crippen LogP) is 0.495. The SMILES string of the molecule is CC(O)C(C)(N)C1CC1. The van der Waals surface area contributed by atoms with Gasteiger partial charge in [-0.05, 0) is 32.6 Å². The molecule has 1 rings (SSSR count). The van der Waals surface area contributed by atoms with E-state index in [0.29, 0.717) is 5.92 Å². The first-order valence-corrected chi connectivity index (χ1v) is 3.52. The van der Waals surface area contributed by atoms with E-state index in [9.17, 15) is 0 Å². The predicted molar refractivity (Wildman–Crippen MR) is 37.0 cm³/mol. The molecular formula is C7H15NO. The average molecular weight is 129 g/mol. The third-order valence-corrected chi connectivity index (χ3v) is 2.36. The standard InChI is InChI=1S/C7H15NO/c1-5(9)7(2,8)6-3-4-6/h5-6,9H,3-4,8H2,1-2H3. The van der Waals surface area contributed by atoms with Crippen LogP contribution in [0.4, 0.5) is 0 Å². The smallest absolute Gasteiger partial charge is 0.0691 e.